The maximum atomic E-state index is 12.1. The van der Waals surface area contributed by atoms with E-state index in [1.54, 1.807) is 12.3 Å². The van der Waals surface area contributed by atoms with Gasteiger partial charge < -0.3 is 10.2 Å². The molecule has 1 amide bonds. The van der Waals surface area contributed by atoms with Crippen LogP contribution in [0.5, 0.6) is 0 Å². The average molecular weight is 335 g/mol. The Balaban J connectivity index is 1.86. The van der Waals surface area contributed by atoms with Gasteiger partial charge in [-0.3, -0.25) is 9.48 Å². The normalized spacial score (nSPS) is 11.0. The Hall–Kier alpha value is -1.85. The minimum atomic E-state index is -0.0959. The van der Waals surface area contributed by atoms with Gasteiger partial charge in [-0.2, -0.15) is 5.10 Å². The fraction of sp³-hybridized carbons (Fsp3) is 0.412. The molecule has 6 heteroatoms. The number of hydrogen-bond donors (Lipinski definition) is 1. The summed E-state index contributed by atoms with van der Waals surface area (Å²) in [4.78, 5) is 14.4. The highest BCUT2D eigenvalue weighted by atomic mass is 35.5. The van der Waals surface area contributed by atoms with Crippen molar-refractivity contribution < 1.29 is 4.79 Å². The first kappa shape index (κ1) is 17.5. The number of anilines is 1. The number of rotatable bonds is 8. The Morgan fingerprint density at radius 1 is 1.30 bits per heavy atom. The van der Waals surface area contributed by atoms with Gasteiger partial charge in [0.1, 0.15) is 0 Å². The molecule has 0 saturated carbocycles. The van der Waals surface area contributed by atoms with Crippen molar-refractivity contribution in [2.24, 2.45) is 0 Å². The van der Waals surface area contributed by atoms with Crippen LogP contribution in [0.25, 0.3) is 0 Å². The first-order chi connectivity index (χ1) is 11.1. The van der Waals surface area contributed by atoms with Crippen LogP contribution in [0, 0.1) is 0 Å². The van der Waals surface area contributed by atoms with Crippen LogP contribution in [-0.4, -0.2) is 40.2 Å². The summed E-state index contributed by atoms with van der Waals surface area (Å²) in [5.41, 5.74) is 1.53. The van der Waals surface area contributed by atoms with E-state index in [0.717, 1.165) is 31.7 Å². The van der Waals surface area contributed by atoms with Crippen LogP contribution in [0.4, 0.5) is 5.69 Å². The summed E-state index contributed by atoms with van der Waals surface area (Å²) in [6.07, 6.45) is 3.78. The van der Waals surface area contributed by atoms with Gasteiger partial charge in [-0.15, -0.1) is 0 Å². The number of nitrogens with one attached hydrogen (secondary N) is 1. The Kier molecular flexibility index (Phi) is 6.62. The summed E-state index contributed by atoms with van der Waals surface area (Å²) in [5, 5.41) is 7.75. The van der Waals surface area contributed by atoms with E-state index in [2.05, 4.69) is 29.2 Å². The molecule has 2 rings (SSSR count). The minimum Gasteiger partial charge on any atom is -0.323 e. The zero-order chi connectivity index (χ0) is 16.7. The Morgan fingerprint density at radius 3 is 2.74 bits per heavy atom. The molecule has 0 aliphatic carbocycles. The second-order valence-electron chi connectivity index (χ2n) is 5.34. The van der Waals surface area contributed by atoms with E-state index in [1.165, 1.54) is 0 Å². The van der Waals surface area contributed by atoms with Gasteiger partial charge in [-0.05, 0) is 24.7 Å². The quantitative estimate of drug-likeness (QED) is 0.807. The van der Waals surface area contributed by atoms with E-state index in [1.807, 2.05) is 29.1 Å². The molecule has 1 heterocycles. The Morgan fingerprint density at radius 2 is 2.04 bits per heavy atom. The van der Waals surface area contributed by atoms with Gasteiger partial charge in [-0.1, -0.05) is 43.6 Å². The van der Waals surface area contributed by atoms with E-state index in [-0.39, 0.29) is 12.3 Å². The molecule has 0 radical (unpaired) electrons. The molecule has 0 bridgehead atoms. The lowest BCUT2D eigenvalue weighted by Crippen LogP contribution is -2.27. The summed E-state index contributed by atoms with van der Waals surface area (Å²) in [5.74, 6) is -0.0959. The smallest absolute Gasteiger partial charge is 0.228 e. The highest BCUT2D eigenvalue weighted by Crippen LogP contribution is 2.16. The SMILES string of the molecule is CCN(CC)CCn1cc(NC(=O)Cc2ccccc2Cl)cn1. The van der Waals surface area contributed by atoms with Gasteiger partial charge in [0.25, 0.3) is 0 Å². The molecule has 124 valence electrons. The lowest BCUT2D eigenvalue weighted by Gasteiger charge is -2.17. The van der Waals surface area contributed by atoms with E-state index >= 15 is 0 Å². The predicted molar refractivity (Wildman–Crippen MR) is 93.8 cm³/mol. The number of halogens is 1. The van der Waals surface area contributed by atoms with E-state index in [4.69, 9.17) is 11.6 Å². The summed E-state index contributed by atoms with van der Waals surface area (Å²) < 4.78 is 1.85. The third kappa shape index (κ3) is 5.37. The molecule has 1 aromatic carbocycles. The van der Waals surface area contributed by atoms with Crippen LogP contribution < -0.4 is 5.32 Å². The monoisotopic (exact) mass is 334 g/mol. The molecule has 0 aliphatic rings. The first-order valence-electron chi connectivity index (χ1n) is 7.90. The highest BCUT2D eigenvalue weighted by Gasteiger charge is 2.08. The number of amides is 1. The largest absolute Gasteiger partial charge is 0.323 e. The van der Waals surface area contributed by atoms with Crippen LogP contribution in [-0.2, 0) is 17.8 Å². The molecule has 23 heavy (non-hydrogen) atoms. The molecule has 0 saturated heterocycles. The van der Waals surface area contributed by atoms with Crippen molar-refractivity contribution >= 4 is 23.2 Å². The topological polar surface area (TPSA) is 50.2 Å². The van der Waals surface area contributed by atoms with Gasteiger partial charge in [-0.25, -0.2) is 0 Å². The maximum absolute atomic E-state index is 12.1. The fourth-order valence-electron chi connectivity index (χ4n) is 2.35. The van der Waals surface area contributed by atoms with Crippen LogP contribution in [0.2, 0.25) is 5.02 Å². The Bertz CT molecular complexity index is 637. The van der Waals surface area contributed by atoms with E-state index in [0.29, 0.717) is 10.7 Å². The van der Waals surface area contributed by atoms with Crippen molar-refractivity contribution in [2.45, 2.75) is 26.8 Å². The van der Waals surface area contributed by atoms with E-state index in [9.17, 15) is 4.79 Å². The van der Waals surface area contributed by atoms with Gasteiger partial charge in [0, 0.05) is 17.8 Å². The molecule has 0 spiro atoms. The standard InChI is InChI=1S/C17H23ClN4O/c1-3-21(4-2)9-10-22-13-15(12-19-22)20-17(23)11-14-7-5-6-8-16(14)18/h5-8,12-13H,3-4,9-11H2,1-2H3,(H,20,23). The van der Waals surface area contributed by atoms with Gasteiger partial charge >= 0.3 is 0 Å². The van der Waals surface area contributed by atoms with Crippen LogP contribution in [0.15, 0.2) is 36.7 Å². The molecule has 2 aromatic rings. The van der Waals surface area contributed by atoms with Crippen molar-refractivity contribution in [3.63, 3.8) is 0 Å². The van der Waals surface area contributed by atoms with Crippen molar-refractivity contribution in [1.82, 2.24) is 14.7 Å². The molecular weight excluding hydrogens is 312 g/mol. The lowest BCUT2D eigenvalue weighted by atomic mass is 10.1. The molecule has 5 nitrogen and oxygen atoms in total. The number of aromatic nitrogens is 2. The molecule has 1 aromatic heterocycles. The van der Waals surface area contributed by atoms with Crippen molar-refractivity contribution in [1.29, 1.82) is 0 Å². The van der Waals surface area contributed by atoms with Crippen molar-refractivity contribution in [3.05, 3.63) is 47.2 Å². The average Bonchev–Trinajstić information content (AvgIpc) is 2.98. The first-order valence-corrected chi connectivity index (χ1v) is 8.28. The van der Waals surface area contributed by atoms with Crippen molar-refractivity contribution in [2.75, 3.05) is 25.0 Å². The molecule has 0 unspecified atom stereocenters. The third-order valence-electron chi connectivity index (χ3n) is 3.77. The summed E-state index contributed by atoms with van der Waals surface area (Å²) in [6, 6.07) is 7.37. The minimum absolute atomic E-state index is 0.0959. The summed E-state index contributed by atoms with van der Waals surface area (Å²) in [6.45, 7) is 8.10. The lowest BCUT2D eigenvalue weighted by molar-refractivity contribution is -0.115. The summed E-state index contributed by atoms with van der Waals surface area (Å²) in [7, 11) is 0. The number of carbonyl (C=O) groups excluding carboxylic acids is 1. The maximum Gasteiger partial charge on any atom is 0.228 e. The Labute approximate surface area is 142 Å². The number of nitrogens with zero attached hydrogens (tertiary/aromatic N) is 3. The summed E-state index contributed by atoms with van der Waals surface area (Å²) >= 11 is 6.07. The molecular formula is C17H23ClN4O. The zero-order valence-corrected chi connectivity index (χ0v) is 14.4. The fourth-order valence-corrected chi connectivity index (χ4v) is 2.56. The van der Waals surface area contributed by atoms with Crippen LogP contribution in [0.1, 0.15) is 19.4 Å². The molecule has 0 atom stereocenters. The molecule has 1 N–H and O–H groups in total. The van der Waals surface area contributed by atoms with Gasteiger partial charge in [0.2, 0.25) is 5.91 Å². The third-order valence-corrected chi connectivity index (χ3v) is 4.13. The number of carbonyl (C=O) groups is 1. The predicted octanol–water partition coefficient (Wildman–Crippen LogP) is 3.06. The van der Waals surface area contributed by atoms with Crippen LogP contribution in [0.3, 0.4) is 0 Å². The molecule has 0 aliphatic heterocycles. The van der Waals surface area contributed by atoms with E-state index < -0.39 is 0 Å². The van der Waals surface area contributed by atoms with Crippen LogP contribution >= 0.6 is 11.6 Å². The molecule has 0 fully saturated rings. The highest BCUT2D eigenvalue weighted by molar-refractivity contribution is 6.31. The van der Waals surface area contributed by atoms with Gasteiger partial charge in [0.05, 0.1) is 24.8 Å². The van der Waals surface area contributed by atoms with Crippen molar-refractivity contribution in [3.8, 4) is 0 Å². The zero-order valence-electron chi connectivity index (χ0n) is 13.6. The number of likely N-dealkylation sites (N-methyl/N-ethyl adjacent to an activating group) is 1. The number of benzene rings is 1. The van der Waals surface area contributed by atoms with Gasteiger partial charge in [0.15, 0.2) is 0 Å². The second kappa shape index (κ2) is 8.70. The number of hydrogen-bond acceptors (Lipinski definition) is 3. The second-order valence-corrected chi connectivity index (χ2v) is 5.74.